The molecule has 2 aliphatic rings. The van der Waals surface area contributed by atoms with Gasteiger partial charge in [-0.1, -0.05) is 0 Å². The first-order valence-electron chi connectivity index (χ1n) is 11.0. The predicted octanol–water partition coefficient (Wildman–Crippen LogP) is 5.13. The lowest BCUT2D eigenvalue weighted by Gasteiger charge is -2.44. The van der Waals surface area contributed by atoms with Crippen LogP contribution >= 0.6 is 0 Å². The number of carbonyl (C=O) groups excluding carboxylic acids is 2. The van der Waals surface area contributed by atoms with Gasteiger partial charge in [0.25, 0.3) is 0 Å². The van der Waals surface area contributed by atoms with Gasteiger partial charge in [-0.3, -0.25) is 0 Å². The van der Waals surface area contributed by atoms with Crippen LogP contribution in [0, 0.1) is 5.82 Å². The van der Waals surface area contributed by atoms with Crippen LogP contribution in [0.2, 0.25) is 0 Å². The van der Waals surface area contributed by atoms with E-state index in [1.165, 1.54) is 11.0 Å². The molecule has 0 atom stereocenters. The van der Waals surface area contributed by atoms with Crippen LogP contribution in [0.1, 0.15) is 81.8 Å². The highest BCUT2D eigenvalue weighted by Crippen LogP contribution is 2.43. The smallest absolute Gasteiger partial charge is 0.410 e. The molecule has 0 bridgehead atoms. The lowest BCUT2D eigenvalue weighted by atomic mass is 9.97. The van der Waals surface area contributed by atoms with Crippen molar-refractivity contribution < 1.29 is 32.6 Å². The zero-order valence-corrected chi connectivity index (χ0v) is 19.7. The molecule has 1 aromatic carbocycles. The Balaban J connectivity index is 1.59. The standard InChI is InChI=1S/C24H33F2NO5/c1-22(2,3)31-20(28)18-10-17(15-7-8-15)16(9-19(18)25)11-30-14-24(26)12-27(13-24)21(29)32-23(4,5)6/h9-10,15H,7-8,11-14H2,1-6H3. The summed E-state index contributed by atoms with van der Waals surface area (Å²) in [7, 11) is 0. The summed E-state index contributed by atoms with van der Waals surface area (Å²) in [5.74, 6) is -1.15. The van der Waals surface area contributed by atoms with E-state index in [9.17, 15) is 18.4 Å². The van der Waals surface area contributed by atoms with Crippen molar-refractivity contribution in [1.82, 2.24) is 4.90 Å². The number of nitrogens with zero attached hydrogens (tertiary/aromatic N) is 1. The summed E-state index contributed by atoms with van der Waals surface area (Å²) < 4.78 is 45.6. The average molecular weight is 454 g/mol. The van der Waals surface area contributed by atoms with Crippen LogP contribution in [-0.4, -0.2) is 53.5 Å². The summed E-state index contributed by atoms with van der Waals surface area (Å²) in [6.07, 6.45) is 1.34. The largest absolute Gasteiger partial charge is 0.456 e. The number of halogens is 2. The molecule has 1 saturated heterocycles. The predicted molar refractivity (Wildman–Crippen MR) is 115 cm³/mol. The Bertz CT molecular complexity index is 878. The van der Waals surface area contributed by atoms with Crippen molar-refractivity contribution in [3.8, 4) is 0 Å². The minimum Gasteiger partial charge on any atom is -0.456 e. The SMILES string of the molecule is CC(C)(C)OC(=O)c1cc(C2CC2)c(COCC2(F)CN(C(=O)OC(C)(C)C)C2)cc1F. The van der Waals surface area contributed by atoms with E-state index in [4.69, 9.17) is 14.2 Å². The Kier molecular flexibility index (Phi) is 6.57. The van der Waals surface area contributed by atoms with E-state index in [1.807, 2.05) is 0 Å². The zero-order valence-electron chi connectivity index (χ0n) is 19.7. The first-order chi connectivity index (χ1) is 14.7. The van der Waals surface area contributed by atoms with Gasteiger partial charge < -0.3 is 19.1 Å². The quantitative estimate of drug-likeness (QED) is 0.559. The van der Waals surface area contributed by atoms with Crippen LogP contribution in [0.4, 0.5) is 13.6 Å². The summed E-state index contributed by atoms with van der Waals surface area (Å²) in [5.41, 5.74) is -1.69. The second-order valence-corrected chi connectivity index (χ2v) is 10.8. The number of likely N-dealkylation sites (tertiary alicyclic amines) is 1. The van der Waals surface area contributed by atoms with Gasteiger partial charge in [0.1, 0.15) is 17.0 Å². The normalized spacial score (nSPS) is 18.2. The Hall–Kier alpha value is -2.22. The number of carbonyl (C=O) groups is 2. The minimum atomic E-state index is -1.66. The minimum absolute atomic E-state index is 0.0233. The van der Waals surface area contributed by atoms with Crippen molar-refractivity contribution in [1.29, 1.82) is 0 Å². The van der Waals surface area contributed by atoms with Crippen molar-refractivity contribution >= 4 is 12.1 Å². The molecule has 1 aromatic rings. The molecule has 1 amide bonds. The van der Waals surface area contributed by atoms with Crippen molar-refractivity contribution in [2.75, 3.05) is 19.7 Å². The summed E-state index contributed by atoms with van der Waals surface area (Å²) in [4.78, 5) is 25.6. The molecule has 1 saturated carbocycles. The van der Waals surface area contributed by atoms with E-state index >= 15 is 0 Å². The third kappa shape index (κ3) is 6.40. The number of ether oxygens (including phenoxy) is 3. The van der Waals surface area contributed by atoms with Crippen LogP contribution in [0.5, 0.6) is 0 Å². The van der Waals surface area contributed by atoms with Crippen LogP contribution in [0.25, 0.3) is 0 Å². The molecule has 0 aromatic heterocycles. The second-order valence-electron chi connectivity index (χ2n) is 10.8. The van der Waals surface area contributed by atoms with Crippen molar-refractivity contribution in [3.05, 3.63) is 34.6 Å². The van der Waals surface area contributed by atoms with E-state index in [2.05, 4.69) is 0 Å². The van der Waals surface area contributed by atoms with Gasteiger partial charge in [0.05, 0.1) is 31.9 Å². The molecule has 8 heteroatoms. The number of esters is 1. The van der Waals surface area contributed by atoms with Crippen LogP contribution in [0.3, 0.4) is 0 Å². The van der Waals surface area contributed by atoms with Crippen molar-refractivity contribution in [2.45, 2.75) is 83.8 Å². The summed E-state index contributed by atoms with van der Waals surface area (Å²) >= 11 is 0. The molecule has 1 heterocycles. The lowest BCUT2D eigenvalue weighted by molar-refractivity contribution is -0.0918. The highest BCUT2D eigenvalue weighted by Gasteiger charge is 2.47. The van der Waals surface area contributed by atoms with Gasteiger partial charge in [0.2, 0.25) is 0 Å². The molecule has 32 heavy (non-hydrogen) atoms. The third-order valence-electron chi connectivity index (χ3n) is 5.08. The van der Waals surface area contributed by atoms with Gasteiger partial charge in [0.15, 0.2) is 5.67 Å². The van der Waals surface area contributed by atoms with Gasteiger partial charge in [-0.2, -0.15) is 0 Å². The number of hydrogen-bond acceptors (Lipinski definition) is 5. The molecule has 0 unspecified atom stereocenters. The fourth-order valence-corrected chi connectivity index (χ4v) is 3.55. The van der Waals surface area contributed by atoms with E-state index in [0.29, 0.717) is 5.56 Å². The Labute approximate surface area is 188 Å². The first-order valence-corrected chi connectivity index (χ1v) is 11.0. The highest BCUT2D eigenvalue weighted by atomic mass is 19.1. The van der Waals surface area contributed by atoms with Gasteiger partial charge in [-0.05, 0) is 83.6 Å². The van der Waals surface area contributed by atoms with Crippen molar-refractivity contribution in [3.63, 3.8) is 0 Å². The van der Waals surface area contributed by atoms with E-state index in [-0.39, 0.29) is 37.8 Å². The van der Waals surface area contributed by atoms with Gasteiger partial charge in [0, 0.05) is 0 Å². The fraction of sp³-hybridized carbons (Fsp3) is 0.667. The fourth-order valence-electron chi connectivity index (χ4n) is 3.55. The number of benzene rings is 1. The van der Waals surface area contributed by atoms with Crippen molar-refractivity contribution in [2.24, 2.45) is 0 Å². The molecule has 3 rings (SSSR count). The monoisotopic (exact) mass is 453 g/mol. The van der Waals surface area contributed by atoms with Gasteiger partial charge >= 0.3 is 12.1 Å². The highest BCUT2D eigenvalue weighted by molar-refractivity contribution is 5.90. The first kappa shape index (κ1) is 24.4. The second kappa shape index (κ2) is 8.61. The Morgan fingerprint density at radius 1 is 1.06 bits per heavy atom. The van der Waals surface area contributed by atoms with Crippen LogP contribution < -0.4 is 0 Å². The summed E-state index contributed by atoms with van der Waals surface area (Å²) in [6.45, 7) is 10.0. The Morgan fingerprint density at radius 3 is 2.19 bits per heavy atom. The maximum atomic E-state index is 14.8. The third-order valence-corrected chi connectivity index (χ3v) is 5.08. The van der Waals surface area contributed by atoms with E-state index < -0.39 is 34.8 Å². The molecular weight excluding hydrogens is 420 g/mol. The molecule has 178 valence electrons. The molecule has 0 radical (unpaired) electrons. The topological polar surface area (TPSA) is 65.1 Å². The molecular formula is C24H33F2NO5. The average Bonchev–Trinajstić information content (AvgIpc) is 3.41. The maximum Gasteiger partial charge on any atom is 0.410 e. The van der Waals surface area contributed by atoms with Gasteiger partial charge in [-0.15, -0.1) is 0 Å². The van der Waals surface area contributed by atoms with Crippen LogP contribution in [-0.2, 0) is 20.8 Å². The van der Waals surface area contributed by atoms with E-state index in [0.717, 1.165) is 18.4 Å². The molecule has 1 aliphatic heterocycles. The summed E-state index contributed by atoms with van der Waals surface area (Å²) in [5, 5.41) is 0. The molecule has 2 fully saturated rings. The Morgan fingerprint density at radius 2 is 1.66 bits per heavy atom. The lowest BCUT2D eigenvalue weighted by Crippen LogP contribution is -2.63. The maximum absolute atomic E-state index is 14.8. The summed E-state index contributed by atoms with van der Waals surface area (Å²) in [6, 6.07) is 2.82. The molecule has 0 N–H and O–H groups in total. The zero-order chi connectivity index (χ0) is 23.9. The molecule has 6 nitrogen and oxygen atoms in total. The number of amides is 1. The van der Waals surface area contributed by atoms with Crippen LogP contribution in [0.15, 0.2) is 12.1 Å². The van der Waals surface area contributed by atoms with Gasteiger partial charge in [-0.25, -0.2) is 18.4 Å². The number of rotatable bonds is 6. The number of hydrogen-bond donors (Lipinski definition) is 0. The van der Waals surface area contributed by atoms with E-state index in [1.54, 1.807) is 47.6 Å². The number of alkyl halides is 1. The molecule has 0 spiro atoms. The molecule has 1 aliphatic carbocycles.